The second-order valence-corrected chi connectivity index (χ2v) is 7.86. The van der Waals surface area contributed by atoms with E-state index in [1.807, 2.05) is 36.4 Å². The number of thioether (sulfide) groups is 1. The van der Waals surface area contributed by atoms with Gasteiger partial charge in [0.15, 0.2) is 11.0 Å². The smallest absolute Gasteiger partial charge is 0.191 e. The molecule has 1 heterocycles. The molecule has 3 aromatic rings. The standard InChI is InChI=1S/C22H27N3O2S/c1-5-25-21(18-9-11-19(12-10-18)27-14-16(2)3)23-24-22(25)28-15-17-7-6-8-20(13-17)26-4/h6-13,16H,5,14-15H2,1-4H3. The molecular weight excluding hydrogens is 370 g/mol. The zero-order valence-electron chi connectivity index (χ0n) is 16.9. The number of hydrogen-bond donors (Lipinski definition) is 0. The summed E-state index contributed by atoms with van der Waals surface area (Å²) in [6.45, 7) is 7.93. The Kier molecular flexibility index (Phi) is 6.98. The molecule has 148 valence electrons. The fraction of sp³-hybridized carbons (Fsp3) is 0.364. The SMILES string of the molecule is CCn1c(SCc2cccc(OC)c2)nnc1-c1ccc(OCC(C)C)cc1. The van der Waals surface area contributed by atoms with Crippen LogP contribution < -0.4 is 9.47 Å². The van der Waals surface area contributed by atoms with Crippen molar-refractivity contribution in [3.05, 3.63) is 54.1 Å². The van der Waals surface area contributed by atoms with Crippen molar-refractivity contribution in [3.63, 3.8) is 0 Å². The van der Waals surface area contributed by atoms with Gasteiger partial charge in [-0.05, 0) is 54.8 Å². The van der Waals surface area contributed by atoms with E-state index in [0.29, 0.717) is 5.92 Å². The van der Waals surface area contributed by atoms with Gasteiger partial charge in [-0.3, -0.25) is 0 Å². The largest absolute Gasteiger partial charge is 0.497 e. The molecule has 0 amide bonds. The summed E-state index contributed by atoms with van der Waals surface area (Å²) in [5, 5.41) is 9.77. The van der Waals surface area contributed by atoms with Gasteiger partial charge in [0.05, 0.1) is 13.7 Å². The highest BCUT2D eigenvalue weighted by molar-refractivity contribution is 7.98. The Balaban J connectivity index is 1.72. The first-order valence-electron chi connectivity index (χ1n) is 9.52. The number of benzene rings is 2. The number of rotatable bonds is 9. The van der Waals surface area contributed by atoms with Gasteiger partial charge in [0.25, 0.3) is 0 Å². The first-order chi connectivity index (χ1) is 13.6. The summed E-state index contributed by atoms with van der Waals surface area (Å²) < 4.78 is 13.2. The van der Waals surface area contributed by atoms with Gasteiger partial charge in [-0.2, -0.15) is 0 Å². The predicted octanol–water partition coefficient (Wildman–Crippen LogP) is 5.30. The Morgan fingerprint density at radius 3 is 2.50 bits per heavy atom. The van der Waals surface area contributed by atoms with Crippen LogP contribution in [0, 0.1) is 5.92 Å². The lowest BCUT2D eigenvalue weighted by Crippen LogP contribution is -2.04. The molecular formula is C22H27N3O2S. The van der Waals surface area contributed by atoms with E-state index >= 15 is 0 Å². The minimum absolute atomic E-state index is 0.507. The van der Waals surface area contributed by atoms with Crippen LogP contribution >= 0.6 is 11.8 Å². The van der Waals surface area contributed by atoms with Crippen LogP contribution in [-0.4, -0.2) is 28.5 Å². The molecule has 0 N–H and O–H groups in total. The minimum Gasteiger partial charge on any atom is -0.497 e. The molecule has 0 bridgehead atoms. The second-order valence-electron chi connectivity index (χ2n) is 6.92. The Hall–Kier alpha value is -2.47. The van der Waals surface area contributed by atoms with Crippen molar-refractivity contribution in [2.45, 2.75) is 38.2 Å². The average Bonchev–Trinajstić information content (AvgIpc) is 3.14. The van der Waals surface area contributed by atoms with E-state index in [4.69, 9.17) is 9.47 Å². The van der Waals surface area contributed by atoms with E-state index < -0.39 is 0 Å². The quantitative estimate of drug-likeness (QED) is 0.459. The molecule has 0 saturated heterocycles. The van der Waals surface area contributed by atoms with Crippen molar-refractivity contribution >= 4 is 11.8 Å². The summed E-state index contributed by atoms with van der Waals surface area (Å²) in [5.74, 6) is 3.96. The molecule has 1 aromatic heterocycles. The summed E-state index contributed by atoms with van der Waals surface area (Å²) >= 11 is 1.68. The van der Waals surface area contributed by atoms with Crippen molar-refractivity contribution in [1.82, 2.24) is 14.8 Å². The van der Waals surface area contributed by atoms with Crippen molar-refractivity contribution in [2.24, 2.45) is 5.92 Å². The van der Waals surface area contributed by atoms with Gasteiger partial charge in [-0.15, -0.1) is 10.2 Å². The number of aromatic nitrogens is 3. The van der Waals surface area contributed by atoms with Crippen LogP contribution in [0.5, 0.6) is 11.5 Å². The second kappa shape index (κ2) is 9.64. The van der Waals surface area contributed by atoms with Crippen LogP contribution in [-0.2, 0) is 12.3 Å². The van der Waals surface area contributed by atoms with Crippen molar-refractivity contribution in [3.8, 4) is 22.9 Å². The molecule has 2 aromatic carbocycles. The van der Waals surface area contributed by atoms with Crippen LogP contribution in [0.15, 0.2) is 53.7 Å². The van der Waals surface area contributed by atoms with Gasteiger partial charge in [0, 0.05) is 17.9 Å². The van der Waals surface area contributed by atoms with E-state index in [0.717, 1.165) is 46.9 Å². The van der Waals surface area contributed by atoms with Crippen molar-refractivity contribution < 1.29 is 9.47 Å². The van der Waals surface area contributed by atoms with Gasteiger partial charge in [-0.25, -0.2) is 0 Å². The van der Waals surface area contributed by atoms with Crippen LogP contribution in [0.4, 0.5) is 0 Å². The van der Waals surface area contributed by atoms with Crippen molar-refractivity contribution in [1.29, 1.82) is 0 Å². The minimum atomic E-state index is 0.507. The van der Waals surface area contributed by atoms with Gasteiger partial charge in [0.2, 0.25) is 0 Å². The molecule has 6 heteroatoms. The lowest BCUT2D eigenvalue weighted by atomic mass is 10.2. The molecule has 0 aliphatic rings. The Morgan fingerprint density at radius 2 is 1.82 bits per heavy atom. The number of nitrogens with zero attached hydrogens (tertiary/aromatic N) is 3. The third kappa shape index (κ3) is 5.07. The maximum absolute atomic E-state index is 5.77. The summed E-state index contributed by atoms with van der Waals surface area (Å²) in [6, 6.07) is 16.2. The molecule has 5 nitrogen and oxygen atoms in total. The summed E-state index contributed by atoms with van der Waals surface area (Å²) in [5.41, 5.74) is 2.24. The monoisotopic (exact) mass is 397 g/mol. The fourth-order valence-electron chi connectivity index (χ4n) is 2.77. The lowest BCUT2D eigenvalue weighted by molar-refractivity contribution is 0.271. The lowest BCUT2D eigenvalue weighted by Gasteiger charge is -2.10. The molecule has 0 unspecified atom stereocenters. The number of hydrogen-bond acceptors (Lipinski definition) is 5. The topological polar surface area (TPSA) is 49.2 Å². The van der Waals surface area contributed by atoms with Gasteiger partial charge in [-0.1, -0.05) is 37.7 Å². The molecule has 0 fully saturated rings. The van der Waals surface area contributed by atoms with Gasteiger partial charge >= 0.3 is 0 Å². The van der Waals surface area contributed by atoms with Crippen LogP contribution in [0.2, 0.25) is 0 Å². The maximum atomic E-state index is 5.77. The Bertz CT molecular complexity index is 891. The van der Waals surface area contributed by atoms with Crippen LogP contribution in [0.3, 0.4) is 0 Å². The molecule has 3 rings (SSSR count). The summed E-state index contributed by atoms with van der Waals surface area (Å²) in [6.07, 6.45) is 0. The van der Waals surface area contributed by atoms with Gasteiger partial charge < -0.3 is 14.0 Å². The molecule has 0 spiro atoms. The van der Waals surface area contributed by atoms with E-state index in [9.17, 15) is 0 Å². The summed E-state index contributed by atoms with van der Waals surface area (Å²) in [4.78, 5) is 0. The third-order valence-electron chi connectivity index (χ3n) is 4.23. The Labute approximate surface area is 171 Å². The van der Waals surface area contributed by atoms with Gasteiger partial charge in [0.1, 0.15) is 11.5 Å². The normalized spacial score (nSPS) is 11.0. The van der Waals surface area contributed by atoms with E-state index in [1.54, 1.807) is 18.9 Å². The Morgan fingerprint density at radius 1 is 1.04 bits per heavy atom. The van der Waals surface area contributed by atoms with Crippen LogP contribution in [0.1, 0.15) is 26.3 Å². The number of methoxy groups -OCH3 is 1. The first kappa shape index (κ1) is 20.3. The first-order valence-corrected chi connectivity index (χ1v) is 10.5. The highest BCUT2D eigenvalue weighted by Crippen LogP contribution is 2.28. The average molecular weight is 398 g/mol. The van der Waals surface area contributed by atoms with E-state index in [-0.39, 0.29) is 0 Å². The molecule has 28 heavy (non-hydrogen) atoms. The highest BCUT2D eigenvalue weighted by Gasteiger charge is 2.13. The highest BCUT2D eigenvalue weighted by atomic mass is 32.2. The molecule has 0 aliphatic carbocycles. The summed E-state index contributed by atoms with van der Waals surface area (Å²) in [7, 11) is 1.69. The van der Waals surface area contributed by atoms with Crippen LogP contribution in [0.25, 0.3) is 11.4 Å². The van der Waals surface area contributed by atoms with E-state index in [2.05, 4.69) is 47.7 Å². The van der Waals surface area contributed by atoms with Crippen molar-refractivity contribution in [2.75, 3.05) is 13.7 Å². The zero-order valence-corrected chi connectivity index (χ0v) is 17.7. The molecule has 0 saturated carbocycles. The maximum Gasteiger partial charge on any atom is 0.191 e. The van der Waals surface area contributed by atoms with E-state index in [1.165, 1.54) is 5.56 Å². The molecule has 0 radical (unpaired) electrons. The number of ether oxygens (including phenoxy) is 2. The predicted molar refractivity (Wildman–Crippen MR) is 114 cm³/mol. The molecule has 0 aliphatic heterocycles. The third-order valence-corrected chi connectivity index (χ3v) is 5.27. The fourth-order valence-corrected chi connectivity index (χ4v) is 3.71. The zero-order chi connectivity index (χ0) is 19.9. The molecule has 0 atom stereocenters.